The van der Waals surface area contributed by atoms with Gasteiger partial charge < -0.3 is 5.32 Å². The third-order valence-electron chi connectivity index (χ3n) is 3.17. The second-order valence-corrected chi connectivity index (χ2v) is 6.62. The molecular formula is C12H16F2N2O2S. The van der Waals surface area contributed by atoms with Gasteiger partial charge >= 0.3 is 0 Å². The Morgan fingerprint density at radius 1 is 1.37 bits per heavy atom. The highest BCUT2D eigenvalue weighted by atomic mass is 32.2. The minimum Gasteiger partial charge on any atom is -0.315 e. The van der Waals surface area contributed by atoms with Gasteiger partial charge in [0.25, 0.3) is 0 Å². The lowest BCUT2D eigenvalue weighted by molar-refractivity contribution is 0.489. The van der Waals surface area contributed by atoms with Gasteiger partial charge in [0.05, 0.1) is 5.25 Å². The van der Waals surface area contributed by atoms with Crippen molar-refractivity contribution in [1.82, 2.24) is 10.0 Å². The Kier molecular flexibility index (Phi) is 4.49. The van der Waals surface area contributed by atoms with Crippen LogP contribution in [0, 0.1) is 11.6 Å². The van der Waals surface area contributed by atoms with Crippen molar-refractivity contribution in [2.75, 3.05) is 13.1 Å². The number of hydrogen-bond acceptors (Lipinski definition) is 3. The number of rotatable bonds is 4. The maximum Gasteiger partial charge on any atom is 0.216 e. The van der Waals surface area contributed by atoms with E-state index in [-0.39, 0.29) is 12.1 Å². The summed E-state index contributed by atoms with van der Waals surface area (Å²) in [5, 5.41) is 2.52. The molecule has 0 amide bonds. The zero-order valence-corrected chi connectivity index (χ0v) is 11.1. The van der Waals surface area contributed by atoms with Crippen LogP contribution in [0.3, 0.4) is 0 Å². The van der Waals surface area contributed by atoms with Crippen LogP contribution in [0.4, 0.5) is 8.78 Å². The van der Waals surface area contributed by atoms with E-state index in [1.54, 1.807) is 0 Å². The lowest BCUT2D eigenvalue weighted by atomic mass is 10.2. The molecule has 0 spiro atoms. The fraction of sp³-hybridized carbons (Fsp3) is 0.500. The van der Waals surface area contributed by atoms with Crippen molar-refractivity contribution in [2.45, 2.75) is 24.6 Å². The predicted molar refractivity (Wildman–Crippen MR) is 68.0 cm³/mol. The molecule has 1 heterocycles. The van der Waals surface area contributed by atoms with Gasteiger partial charge in [-0.2, -0.15) is 0 Å². The average Bonchev–Trinajstić information content (AvgIpc) is 2.39. The number of piperidine rings is 1. The summed E-state index contributed by atoms with van der Waals surface area (Å²) >= 11 is 0. The monoisotopic (exact) mass is 290 g/mol. The molecule has 4 nitrogen and oxygen atoms in total. The predicted octanol–water partition coefficient (Wildman–Crippen LogP) is 1.14. The summed E-state index contributed by atoms with van der Waals surface area (Å²) in [5.74, 6) is -1.43. The van der Waals surface area contributed by atoms with Gasteiger partial charge in [-0.25, -0.2) is 21.9 Å². The maximum absolute atomic E-state index is 13.4. The van der Waals surface area contributed by atoms with E-state index >= 15 is 0 Å². The van der Waals surface area contributed by atoms with E-state index in [0.29, 0.717) is 13.0 Å². The largest absolute Gasteiger partial charge is 0.315 e. The fourth-order valence-corrected chi connectivity index (χ4v) is 3.45. The molecule has 7 heteroatoms. The van der Waals surface area contributed by atoms with Gasteiger partial charge in [0.1, 0.15) is 11.6 Å². The molecule has 0 aliphatic carbocycles. The first-order chi connectivity index (χ1) is 8.99. The van der Waals surface area contributed by atoms with Gasteiger partial charge in [-0.3, -0.25) is 0 Å². The van der Waals surface area contributed by atoms with Gasteiger partial charge in [-0.05, 0) is 25.5 Å². The summed E-state index contributed by atoms with van der Waals surface area (Å²) in [6.07, 6.45) is 1.39. The van der Waals surface area contributed by atoms with E-state index in [4.69, 9.17) is 0 Å². The Bertz CT molecular complexity index is 543. The van der Waals surface area contributed by atoms with Gasteiger partial charge in [-0.15, -0.1) is 0 Å². The van der Waals surface area contributed by atoms with E-state index < -0.39 is 26.9 Å². The second-order valence-electron chi connectivity index (χ2n) is 4.57. The van der Waals surface area contributed by atoms with Crippen molar-refractivity contribution in [1.29, 1.82) is 0 Å². The minimum atomic E-state index is -3.48. The zero-order valence-electron chi connectivity index (χ0n) is 10.3. The van der Waals surface area contributed by atoms with E-state index in [1.165, 1.54) is 6.07 Å². The first kappa shape index (κ1) is 14.4. The van der Waals surface area contributed by atoms with Crippen molar-refractivity contribution in [3.8, 4) is 0 Å². The summed E-state index contributed by atoms with van der Waals surface area (Å²) in [5.41, 5.74) is 0.133. The Morgan fingerprint density at radius 3 is 2.79 bits per heavy atom. The normalized spacial score (nSPS) is 20.4. The first-order valence-electron chi connectivity index (χ1n) is 6.12. The van der Waals surface area contributed by atoms with Crippen LogP contribution in [0.15, 0.2) is 18.2 Å². The molecule has 0 bridgehead atoms. The molecule has 1 fully saturated rings. The van der Waals surface area contributed by atoms with Crippen LogP contribution >= 0.6 is 0 Å². The molecule has 2 rings (SSSR count). The van der Waals surface area contributed by atoms with Crippen LogP contribution in [-0.2, 0) is 16.6 Å². The standard InChI is InChI=1S/C12H16F2N2O2S/c13-10-4-3-9(12(14)6-10)7-16-19(17,18)11-2-1-5-15-8-11/h3-4,6,11,15-16H,1-2,5,7-8H2. The number of benzene rings is 1. The van der Waals surface area contributed by atoms with Crippen molar-refractivity contribution in [2.24, 2.45) is 0 Å². The Morgan fingerprint density at radius 2 is 2.16 bits per heavy atom. The van der Waals surface area contributed by atoms with Crippen LogP contribution in [0.25, 0.3) is 0 Å². The molecule has 19 heavy (non-hydrogen) atoms. The highest BCUT2D eigenvalue weighted by Crippen LogP contribution is 2.13. The molecule has 0 aromatic heterocycles. The molecule has 1 saturated heterocycles. The summed E-state index contributed by atoms with van der Waals surface area (Å²) in [6.45, 7) is 1.06. The molecule has 1 unspecified atom stereocenters. The van der Waals surface area contributed by atoms with Gasteiger partial charge in [-0.1, -0.05) is 6.07 Å². The van der Waals surface area contributed by atoms with Crippen molar-refractivity contribution >= 4 is 10.0 Å². The van der Waals surface area contributed by atoms with Crippen LogP contribution in [-0.4, -0.2) is 26.8 Å². The average molecular weight is 290 g/mol. The number of sulfonamides is 1. The summed E-state index contributed by atoms with van der Waals surface area (Å²) in [4.78, 5) is 0. The quantitative estimate of drug-likeness (QED) is 0.874. The molecule has 1 aliphatic rings. The topological polar surface area (TPSA) is 58.2 Å². The highest BCUT2D eigenvalue weighted by molar-refractivity contribution is 7.90. The second kappa shape index (κ2) is 5.94. The van der Waals surface area contributed by atoms with Crippen molar-refractivity contribution in [3.05, 3.63) is 35.4 Å². The molecule has 1 aromatic rings. The number of nitrogens with one attached hydrogen (secondary N) is 2. The lowest BCUT2D eigenvalue weighted by Crippen LogP contribution is -2.44. The number of halogens is 2. The van der Waals surface area contributed by atoms with Gasteiger partial charge in [0, 0.05) is 24.7 Å². The van der Waals surface area contributed by atoms with Crippen molar-refractivity contribution < 1.29 is 17.2 Å². The third kappa shape index (κ3) is 3.71. The zero-order chi connectivity index (χ0) is 13.9. The SMILES string of the molecule is O=S(=O)(NCc1ccc(F)cc1F)C1CCCNC1. The van der Waals surface area contributed by atoms with Crippen LogP contribution < -0.4 is 10.0 Å². The Balaban J connectivity index is 2.00. The molecule has 2 N–H and O–H groups in total. The van der Waals surface area contributed by atoms with Gasteiger partial charge in [0.2, 0.25) is 10.0 Å². The first-order valence-corrected chi connectivity index (χ1v) is 7.67. The molecule has 0 radical (unpaired) electrons. The summed E-state index contributed by atoms with van der Waals surface area (Å²) in [7, 11) is -3.48. The highest BCUT2D eigenvalue weighted by Gasteiger charge is 2.26. The maximum atomic E-state index is 13.4. The molecule has 106 valence electrons. The van der Waals surface area contributed by atoms with Crippen LogP contribution in [0.5, 0.6) is 0 Å². The molecule has 0 saturated carbocycles. The fourth-order valence-electron chi connectivity index (χ4n) is 2.05. The number of hydrogen-bond donors (Lipinski definition) is 2. The smallest absolute Gasteiger partial charge is 0.216 e. The van der Waals surface area contributed by atoms with Crippen LogP contribution in [0.2, 0.25) is 0 Å². The lowest BCUT2D eigenvalue weighted by Gasteiger charge is -2.23. The van der Waals surface area contributed by atoms with E-state index in [0.717, 1.165) is 25.1 Å². The molecule has 1 aliphatic heterocycles. The summed E-state index contributed by atoms with van der Waals surface area (Å²) in [6, 6.07) is 3.09. The third-order valence-corrected chi connectivity index (χ3v) is 5.00. The van der Waals surface area contributed by atoms with E-state index in [9.17, 15) is 17.2 Å². The van der Waals surface area contributed by atoms with E-state index in [2.05, 4.69) is 10.0 Å². The van der Waals surface area contributed by atoms with Gasteiger partial charge in [0.15, 0.2) is 0 Å². The molecule has 1 atom stereocenters. The van der Waals surface area contributed by atoms with Crippen molar-refractivity contribution in [3.63, 3.8) is 0 Å². The summed E-state index contributed by atoms with van der Waals surface area (Å²) < 4.78 is 52.5. The Labute approximate surface area is 111 Å². The van der Waals surface area contributed by atoms with E-state index in [1.807, 2.05) is 0 Å². The Hall–Kier alpha value is -1.05. The molecular weight excluding hydrogens is 274 g/mol. The molecule has 1 aromatic carbocycles. The van der Waals surface area contributed by atoms with Crippen LogP contribution in [0.1, 0.15) is 18.4 Å². The minimum absolute atomic E-state index is 0.133.